The molecule has 21 heavy (non-hydrogen) atoms. The number of rotatable bonds is 5. The van der Waals surface area contributed by atoms with Crippen molar-refractivity contribution in [3.8, 4) is 0 Å². The van der Waals surface area contributed by atoms with Gasteiger partial charge in [0, 0.05) is 12.5 Å². The van der Waals surface area contributed by atoms with Crippen molar-refractivity contribution in [1.82, 2.24) is 5.32 Å². The fourth-order valence-electron chi connectivity index (χ4n) is 4.34. The third kappa shape index (κ3) is 2.13. The summed E-state index contributed by atoms with van der Waals surface area (Å²) in [5.41, 5.74) is -0.0894. The molecule has 0 aromatic heterocycles. The van der Waals surface area contributed by atoms with E-state index in [1.54, 1.807) is 0 Å². The van der Waals surface area contributed by atoms with Gasteiger partial charge < -0.3 is 10.1 Å². The summed E-state index contributed by atoms with van der Waals surface area (Å²) in [5.74, 6) is -0.0447. The zero-order valence-corrected chi connectivity index (χ0v) is 13.1. The second kappa shape index (κ2) is 4.79. The first kappa shape index (κ1) is 15.0. The van der Waals surface area contributed by atoms with Crippen LogP contribution in [-0.2, 0) is 23.8 Å². The predicted molar refractivity (Wildman–Crippen MR) is 75.9 cm³/mol. The van der Waals surface area contributed by atoms with E-state index in [9.17, 15) is 13.2 Å². The highest BCUT2D eigenvalue weighted by molar-refractivity contribution is 7.87. The molecule has 7 heteroatoms. The molecule has 5 unspecified atom stereocenters. The minimum atomic E-state index is -3.45. The number of ether oxygens (including phenoxy) is 1. The average molecular weight is 315 g/mol. The van der Waals surface area contributed by atoms with Crippen molar-refractivity contribution in [3.05, 3.63) is 12.7 Å². The molecule has 5 atom stereocenters. The molecule has 1 saturated heterocycles. The van der Waals surface area contributed by atoms with Crippen molar-refractivity contribution < 1.29 is 22.1 Å². The molecule has 2 saturated carbocycles. The highest BCUT2D eigenvalue weighted by Gasteiger charge is 2.72. The molecule has 1 N–H and O–H groups in total. The standard InChI is InChI=1S/C14H21NO5S/c1-4-10(16)15-5-6-19-12-8-7-9-11(14(8,2)3)13(12)20-21(9,17)18/h4,8-9,11-13H,1,5-7H2,2-3H3,(H,15,16). The number of carbonyl (C=O) groups is 1. The summed E-state index contributed by atoms with van der Waals surface area (Å²) in [5, 5.41) is 2.27. The first-order valence-electron chi connectivity index (χ1n) is 7.23. The maximum atomic E-state index is 12.0. The molecule has 3 rings (SSSR count). The Morgan fingerprint density at radius 2 is 2.24 bits per heavy atom. The monoisotopic (exact) mass is 315 g/mol. The summed E-state index contributed by atoms with van der Waals surface area (Å²) in [6, 6.07) is 0. The minimum absolute atomic E-state index is 0.0141. The first-order valence-corrected chi connectivity index (χ1v) is 8.70. The van der Waals surface area contributed by atoms with Crippen LogP contribution in [0.5, 0.6) is 0 Å². The van der Waals surface area contributed by atoms with Gasteiger partial charge in [-0.3, -0.25) is 8.98 Å². The van der Waals surface area contributed by atoms with E-state index in [1.165, 1.54) is 6.08 Å². The van der Waals surface area contributed by atoms with E-state index in [0.717, 1.165) is 0 Å². The Morgan fingerprint density at radius 3 is 2.90 bits per heavy atom. The SMILES string of the molecule is C=CC(=O)NCCOC1C2OS(=O)(=O)C3CC1C(C)(C)C23. The minimum Gasteiger partial charge on any atom is -0.373 e. The van der Waals surface area contributed by atoms with Gasteiger partial charge in [-0.1, -0.05) is 20.4 Å². The Kier molecular flexibility index (Phi) is 3.42. The van der Waals surface area contributed by atoms with Crippen LogP contribution in [0.2, 0.25) is 0 Å². The molecule has 1 amide bonds. The Bertz CT molecular complexity index is 570. The van der Waals surface area contributed by atoms with Gasteiger partial charge in [0.15, 0.2) is 0 Å². The average Bonchev–Trinajstić information content (AvgIpc) is 2.87. The summed E-state index contributed by atoms with van der Waals surface area (Å²) in [6.45, 7) is 8.29. The van der Waals surface area contributed by atoms with Crippen LogP contribution in [0.4, 0.5) is 0 Å². The second-order valence-electron chi connectivity index (χ2n) is 6.61. The Balaban J connectivity index is 1.66. The lowest BCUT2D eigenvalue weighted by Crippen LogP contribution is -2.37. The first-order chi connectivity index (χ1) is 9.79. The van der Waals surface area contributed by atoms with Gasteiger partial charge in [0.25, 0.3) is 10.1 Å². The normalized spacial score (nSPS) is 41.1. The summed E-state index contributed by atoms with van der Waals surface area (Å²) < 4.78 is 35.2. The highest BCUT2D eigenvalue weighted by Crippen LogP contribution is 2.64. The second-order valence-corrected chi connectivity index (χ2v) is 8.40. The summed E-state index contributed by atoms with van der Waals surface area (Å²) in [4.78, 5) is 11.1. The largest absolute Gasteiger partial charge is 0.373 e. The molecular weight excluding hydrogens is 294 g/mol. The van der Waals surface area contributed by atoms with E-state index in [0.29, 0.717) is 19.6 Å². The third-order valence-electron chi connectivity index (χ3n) is 5.29. The van der Waals surface area contributed by atoms with Gasteiger partial charge in [-0.05, 0) is 23.8 Å². The van der Waals surface area contributed by atoms with Gasteiger partial charge in [-0.25, -0.2) is 0 Å². The van der Waals surface area contributed by atoms with Crippen LogP contribution < -0.4 is 5.32 Å². The number of nitrogens with one attached hydrogen (secondary N) is 1. The van der Waals surface area contributed by atoms with Crippen molar-refractivity contribution in [1.29, 1.82) is 0 Å². The van der Waals surface area contributed by atoms with Gasteiger partial charge in [0.2, 0.25) is 5.91 Å². The smallest absolute Gasteiger partial charge is 0.271 e. The number of carbonyl (C=O) groups excluding carboxylic acids is 1. The lowest BCUT2D eigenvalue weighted by Gasteiger charge is -2.26. The molecule has 0 aromatic rings. The molecule has 2 aliphatic carbocycles. The zero-order chi connectivity index (χ0) is 15.4. The van der Waals surface area contributed by atoms with E-state index in [2.05, 4.69) is 25.7 Å². The fourth-order valence-corrected chi connectivity index (χ4v) is 6.33. The summed E-state index contributed by atoms with van der Waals surface area (Å²) in [7, 11) is -3.45. The van der Waals surface area contributed by atoms with Crippen molar-refractivity contribution in [3.63, 3.8) is 0 Å². The van der Waals surface area contributed by atoms with Gasteiger partial charge in [0.1, 0.15) is 6.10 Å². The number of amides is 1. The van der Waals surface area contributed by atoms with Gasteiger partial charge in [-0.15, -0.1) is 0 Å². The van der Waals surface area contributed by atoms with E-state index >= 15 is 0 Å². The van der Waals surface area contributed by atoms with E-state index in [1.807, 2.05) is 0 Å². The quantitative estimate of drug-likeness (QED) is 0.452. The van der Waals surface area contributed by atoms with Crippen LogP contribution in [0.15, 0.2) is 12.7 Å². The van der Waals surface area contributed by atoms with Crippen LogP contribution in [0, 0.1) is 17.3 Å². The number of hydrogen-bond acceptors (Lipinski definition) is 5. The Hall–Kier alpha value is -0.920. The molecule has 6 nitrogen and oxygen atoms in total. The molecule has 118 valence electrons. The lowest BCUT2D eigenvalue weighted by atomic mass is 9.81. The molecule has 0 radical (unpaired) electrons. The Labute approximate surface area is 125 Å². The molecule has 1 aliphatic heterocycles. The number of fused-ring (bicyclic) bond motifs is 1. The van der Waals surface area contributed by atoms with Crippen LogP contribution in [-0.4, -0.2) is 44.9 Å². The highest BCUT2D eigenvalue weighted by atomic mass is 32.2. The van der Waals surface area contributed by atoms with E-state index < -0.39 is 10.1 Å². The van der Waals surface area contributed by atoms with Crippen LogP contribution in [0.3, 0.4) is 0 Å². The van der Waals surface area contributed by atoms with Crippen LogP contribution >= 0.6 is 0 Å². The molecule has 0 spiro atoms. The maximum absolute atomic E-state index is 12.0. The third-order valence-corrected chi connectivity index (χ3v) is 7.01. The summed E-state index contributed by atoms with van der Waals surface area (Å²) >= 11 is 0. The van der Waals surface area contributed by atoms with Crippen LogP contribution in [0.25, 0.3) is 0 Å². The topological polar surface area (TPSA) is 81.7 Å². The Morgan fingerprint density at radius 1 is 1.52 bits per heavy atom. The van der Waals surface area contributed by atoms with Crippen molar-refractivity contribution in [2.45, 2.75) is 37.7 Å². The van der Waals surface area contributed by atoms with Crippen LogP contribution in [0.1, 0.15) is 20.3 Å². The van der Waals surface area contributed by atoms with Crippen molar-refractivity contribution in [2.24, 2.45) is 17.3 Å². The van der Waals surface area contributed by atoms with Crippen molar-refractivity contribution >= 4 is 16.0 Å². The van der Waals surface area contributed by atoms with Gasteiger partial charge >= 0.3 is 0 Å². The predicted octanol–water partition coefficient (Wildman–Crippen LogP) is 0.447. The molecule has 3 aliphatic rings. The summed E-state index contributed by atoms with van der Waals surface area (Å²) in [6.07, 6.45) is 1.24. The number of hydrogen-bond donors (Lipinski definition) is 1. The molecule has 0 aromatic carbocycles. The van der Waals surface area contributed by atoms with Crippen molar-refractivity contribution in [2.75, 3.05) is 13.2 Å². The molecule has 2 bridgehead atoms. The fraction of sp³-hybridized carbons (Fsp3) is 0.786. The molecule has 3 fully saturated rings. The van der Waals surface area contributed by atoms with E-state index in [4.69, 9.17) is 8.92 Å². The molecular formula is C14H21NO5S. The van der Waals surface area contributed by atoms with E-state index in [-0.39, 0.29) is 40.6 Å². The lowest BCUT2D eigenvalue weighted by molar-refractivity contribution is -0.117. The van der Waals surface area contributed by atoms with Gasteiger partial charge in [-0.2, -0.15) is 8.42 Å². The maximum Gasteiger partial charge on any atom is 0.271 e. The van der Waals surface area contributed by atoms with Gasteiger partial charge in [0.05, 0.1) is 18.0 Å². The zero-order valence-electron chi connectivity index (χ0n) is 12.2. The molecule has 1 heterocycles.